The molecule has 0 fully saturated rings. The second-order valence-corrected chi connectivity index (χ2v) is 10.1. The molecule has 0 saturated heterocycles. The monoisotopic (exact) mass is 480 g/mol. The summed E-state index contributed by atoms with van der Waals surface area (Å²) in [7, 11) is -2.39. The summed E-state index contributed by atoms with van der Waals surface area (Å²) in [6.45, 7) is 3.71. The number of rotatable bonds is 11. The maximum absolute atomic E-state index is 13.2. The zero-order chi connectivity index (χ0) is 24.6. The molecule has 0 spiro atoms. The van der Waals surface area contributed by atoms with Crippen molar-refractivity contribution >= 4 is 15.9 Å². The fraction of sp³-hybridized carbons (Fsp3) is 0.296. The molecule has 0 bridgehead atoms. The minimum absolute atomic E-state index is 0.0915. The van der Waals surface area contributed by atoms with Crippen molar-refractivity contribution in [3.63, 3.8) is 0 Å². The van der Waals surface area contributed by atoms with Gasteiger partial charge in [0, 0.05) is 6.04 Å². The van der Waals surface area contributed by atoms with Crippen molar-refractivity contribution in [2.75, 3.05) is 7.11 Å². The lowest BCUT2D eigenvalue weighted by Gasteiger charge is -2.22. The fourth-order valence-electron chi connectivity index (χ4n) is 3.75. The first kappa shape index (κ1) is 25.5. The molecule has 0 heterocycles. The molecule has 0 unspecified atom stereocenters. The van der Waals surface area contributed by atoms with E-state index in [1.807, 2.05) is 55.5 Å². The standard InChI is InChI=1S/C27H32N2O4S/c1-20-18-24(16-17-26(20)33-3)34(31,32)29-25(19-23-12-8-5-9-13-23)27(30)28-21(2)14-15-22-10-6-4-7-11-22/h4-13,16-18,21,25,29H,14-15,19H2,1-3H3,(H,28,30)/t21-,25+/m0/s1. The predicted molar refractivity (Wildman–Crippen MR) is 134 cm³/mol. The maximum Gasteiger partial charge on any atom is 0.241 e. The third kappa shape index (κ3) is 7.17. The Kier molecular flexibility index (Phi) is 8.85. The molecule has 0 radical (unpaired) electrons. The van der Waals surface area contributed by atoms with E-state index in [4.69, 9.17) is 4.74 Å². The van der Waals surface area contributed by atoms with Crippen LogP contribution in [-0.4, -0.2) is 33.5 Å². The third-order valence-corrected chi connectivity index (χ3v) is 7.14. The van der Waals surface area contributed by atoms with Gasteiger partial charge in [0.2, 0.25) is 15.9 Å². The summed E-state index contributed by atoms with van der Waals surface area (Å²) in [4.78, 5) is 13.3. The molecular weight excluding hydrogens is 448 g/mol. The molecule has 0 aliphatic rings. The molecule has 0 aromatic heterocycles. The van der Waals surface area contributed by atoms with E-state index in [1.165, 1.54) is 18.7 Å². The Labute approximate surface area is 202 Å². The largest absolute Gasteiger partial charge is 0.496 e. The zero-order valence-electron chi connectivity index (χ0n) is 19.8. The third-order valence-electron chi connectivity index (χ3n) is 5.67. The molecule has 6 nitrogen and oxygen atoms in total. The Morgan fingerprint density at radius 2 is 1.56 bits per heavy atom. The molecule has 7 heteroatoms. The average molecular weight is 481 g/mol. The van der Waals surface area contributed by atoms with E-state index in [2.05, 4.69) is 22.2 Å². The van der Waals surface area contributed by atoms with Crippen LogP contribution in [0.2, 0.25) is 0 Å². The van der Waals surface area contributed by atoms with Crippen molar-refractivity contribution in [2.24, 2.45) is 0 Å². The molecule has 3 rings (SSSR count). The number of hydrogen-bond acceptors (Lipinski definition) is 4. The summed E-state index contributed by atoms with van der Waals surface area (Å²) in [5.41, 5.74) is 2.76. The van der Waals surface area contributed by atoms with Crippen LogP contribution < -0.4 is 14.8 Å². The summed E-state index contributed by atoms with van der Waals surface area (Å²) in [6, 6.07) is 23.0. The van der Waals surface area contributed by atoms with Gasteiger partial charge in [0.15, 0.2) is 0 Å². The minimum Gasteiger partial charge on any atom is -0.496 e. The second-order valence-electron chi connectivity index (χ2n) is 8.43. The Bertz CT molecular complexity index is 1180. The number of sulfonamides is 1. The molecule has 34 heavy (non-hydrogen) atoms. The number of nitrogens with one attached hydrogen (secondary N) is 2. The van der Waals surface area contributed by atoms with Crippen molar-refractivity contribution in [2.45, 2.75) is 50.1 Å². The van der Waals surface area contributed by atoms with Crippen LogP contribution in [0.3, 0.4) is 0 Å². The Hall–Kier alpha value is -3.16. The maximum atomic E-state index is 13.2. The van der Waals surface area contributed by atoms with Crippen molar-refractivity contribution in [3.05, 3.63) is 95.6 Å². The molecule has 3 aromatic carbocycles. The molecule has 1 amide bonds. The van der Waals surface area contributed by atoms with Crippen LogP contribution in [0, 0.1) is 6.92 Å². The first-order chi connectivity index (χ1) is 16.3. The van der Waals surface area contributed by atoms with Gasteiger partial charge in [0.05, 0.1) is 12.0 Å². The van der Waals surface area contributed by atoms with Crippen LogP contribution in [0.4, 0.5) is 0 Å². The van der Waals surface area contributed by atoms with Crippen LogP contribution in [0.1, 0.15) is 30.0 Å². The minimum atomic E-state index is -3.93. The summed E-state index contributed by atoms with van der Waals surface area (Å²) in [5, 5.41) is 2.99. The van der Waals surface area contributed by atoms with Crippen molar-refractivity contribution < 1.29 is 17.9 Å². The molecule has 0 saturated carbocycles. The zero-order valence-corrected chi connectivity index (χ0v) is 20.6. The van der Waals surface area contributed by atoms with E-state index in [0.29, 0.717) is 11.3 Å². The normalized spacial score (nSPS) is 13.1. The van der Waals surface area contributed by atoms with Crippen LogP contribution in [-0.2, 0) is 27.7 Å². The van der Waals surface area contributed by atoms with Gasteiger partial charge in [-0.2, -0.15) is 4.72 Å². The number of amides is 1. The highest BCUT2D eigenvalue weighted by Crippen LogP contribution is 2.21. The summed E-state index contributed by atoms with van der Waals surface area (Å²) in [6.07, 6.45) is 1.81. The molecule has 0 aliphatic carbocycles. The molecular formula is C27H32N2O4S. The van der Waals surface area contributed by atoms with E-state index in [9.17, 15) is 13.2 Å². The number of benzene rings is 3. The van der Waals surface area contributed by atoms with Crippen molar-refractivity contribution in [1.82, 2.24) is 10.0 Å². The molecule has 2 N–H and O–H groups in total. The lowest BCUT2D eigenvalue weighted by molar-refractivity contribution is -0.123. The van der Waals surface area contributed by atoms with E-state index in [0.717, 1.165) is 18.4 Å². The average Bonchev–Trinajstić information content (AvgIpc) is 2.83. The Morgan fingerprint density at radius 3 is 2.15 bits per heavy atom. The highest BCUT2D eigenvalue weighted by molar-refractivity contribution is 7.89. The Balaban J connectivity index is 1.74. The number of ether oxygens (including phenoxy) is 1. The molecule has 2 atom stereocenters. The molecule has 3 aromatic rings. The van der Waals surface area contributed by atoms with Gasteiger partial charge >= 0.3 is 0 Å². The predicted octanol–water partition coefficient (Wildman–Crippen LogP) is 4.03. The number of aryl methyl sites for hydroxylation is 2. The number of carbonyl (C=O) groups is 1. The van der Waals surface area contributed by atoms with Crippen LogP contribution in [0.15, 0.2) is 83.8 Å². The topological polar surface area (TPSA) is 84.5 Å². The smallest absolute Gasteiger partial charge is 0.241 e. The number of methoxy groups -OCH3 is 1. The summed E-state index contributed by atoms with van der Waals surface area (Å²) < 4.78 is 34.2. The van der Waals surface area contributed by atoms with Crippen molar-refractivity contribution in [3.8, 4) is 5.75 Å². The van der Waals surface area contributed by atoms with Crippen LogP contribution >= 0.6 is 0 Å². The van der Waals surface area contributed by atoms with Gasteiger partial charge < -0.3 is 10.1 Å². The van der Waals surface area contributed by atoms with Crippen LogP contribution in [0.5, 0.6) is 5.75 Å². The first-order valence-corrected chi connectivity index (χ1v) is 12.8. The number of hydrogen-bond donors (Lipinski definition) is 2. The molecule has 0 aliphatic heterocycles. The lowest BCUT2D eigenvalue weighted by atomic mass is 10.0. The van der Waals surface area contributed by atoms with Crippen molar-refractivity contribution in [1.29, 1.82) is 0 Å². The second kappa shape index (κ2) is 11.8. The van der Waals surface area contributed by atoms with Gasteiger partial charge in [-0.25, -0.2) is 8.42 Å². The van der Waals surface area contributed by atoms with Gasteiger partial charge in [0.25, 0.3) is 0 Å². The van der Waals surface area contributed by atoms with Gasteiger partial charge in [0.1, 0.15) is 11.8 Å². The first-order valence-electron chi connectivity index (χ1n) is 11.3. The highest BCUT2D eigenvalue weighted by atomic mass is 32.2. The summed E-state index contributed by atoms with van der Waals surface area (Å²) >= 11 is 0. The van der Waals surface area contributed by atoms with Gasteiger partial charge in [-0.1, -0.05) is 60.7 Å². The molecule has 180 valence electrons. The van der Waals surface area contributed by atoms with Gasteiger partial charge in [-0.3, -0.25) is 4.79 Å². The van der Waals surface area contributed by atoms with Crippen LogP contribution in [0.25, 0.3) is 0 Å². The summed E-state index contributed by atoms with van der Waals surface area (Å²) in [5.74, 6) is 0.253. The van der Waals surface area contributed by atoms with Gasteiger partial charge in [-0.15, -0.1) is 0 Å². The SMILES string of the molecule is COc1ccc(S(=O)(=O)N[C@H](Cc2ccccc2)C(=O)N[C@@H](C)CCc2ccccc2)cc1C. The lowest BCUT2D eigenvalue weighted by Crippen LogP contribution is -2.50. The van der Waals surface area contributed by atoms with E-state index >= 15 is 0 Å². The number of carbonyl (C=O) groups excluding carboxylic acids is 1. The van der Waals surface area contributed by atoms with Gasteiger partial charge in [-0.05, 0) is 68.0 Å². The van der Waals surface area contributed by atoms with E-state index in [1.54, 1.807) is 19.1 Å². The van der Waals surface area contributed by atoms with E-state index in [-0.39, 0.29) is 23.3 Å². The Morgan fingerprint density at radius 1 is 0.941 bits per heavy atom. The van der Waals surface area contributed by atoms with E-state index < -0.39 is 16.1 Å². The highest BCUT2D eigenvalue weighted by Gasteiger charge is 2.27. The quantitative estimate of drug-likeness (QED) is 0.434. The fourth-order valence-corrected chi connectivity index (χ4v) is 5.03.